The predicted molar refractivity (Wildman–Crippen MR) is 139 cm³/mol. The highest BCUT2D eigenvalue weighted by Crippen LogP contribution is 2.53. The van der Waals surface area contributed by atoms with Crippen LogP contribution in [0.25, 0.3) is 0 Å². The Kier molecular flexibility index (Phi) is 7.37. The van der Waals surface area contributed by atoms with Crippen LogP contribution in [0.3, 0.4) is 0 Å². The average Bonchev–Trinajstić information content (AvgIpc) is 2.84. The third-order valence-electron chi connectivity index (χ3n) is 5.38. The second-order valence-electron chi connectivity index (χ2n) is 7.42. The van der Waals surface area contributed by atoms with Crippen molar-refractivity contribution in [2.45, 2.75) is 0 Å². The third kappa shape index (κ3) is 4.94. The van der Waals surface area contributed by atoms with E-state index in [1.807, 2.05) is 12.1 Å². The summed E-state index contributed by atoms with van der Waals surface area (Å²) in [4.78, 5) is 0. The van der Waals surface area contributed by atoms with Crippen LogP contribution in [-0.2, 0) is 0 Å². The van der Waals surface area contributed by atoms with Gasteiger partial charge in [0, 0.05) is 5.02 Å². The molecule has 0 aliphatic carbocycles. The zero-order chi connectivity index (χ0) is 22.4. The molecule has 0 aliphatic rings. The molecule has 4 rings (SSSR count). The van der Waals surface area contributed by atoms with Gasteiger partial charge in [-0.25, -0.2) is 0 Å². The molecule has 0 aromatic heterocycles. The molecule has 0 fully saturated rings. The summed E-state index contributed by atoms with van der Waals surface area (Å²) in [6, 6.07) is 34.9. The molecular weight excluding hydrogens is 458 g/mol. The van der Waals surface area contributed by atoms with Gasteiger partial charge in [0.05, 0.1) is 11.7 Å². The Hall–Kier alpha value is -2.51. The van der Waals surface area contributed by atoms with E-state index >= 15 is 0 Å². The van der Waals surface area contributed by atoms with Crippen molar-refractivity contribution >= 4 is 46.4 Å². The molecule has 0 amide bonds. The van der Waals surface area contributed by atoms with Crippen molar-refractivity contribution in [2.75, 3.05) is 19.9 Å². The molecule has 0 spiro atoms. The molecule has 0 aliphatic heterocycles. The summed E-state index contributed by atoms with van der Waals surface area (Å²) < 4.78 is 12.0. The number of benzene rings is 4. The molecule has 0 saturated heterocycles. The second kappa shape index (κ2) is 10.4. The van der Waals surface area contributed by atoms with E-state index in [0.29, 0.717) is 29.0 Å². The van der Waals surface area contributed by atoms with Crippen molar-refractivity contribution in [1.82, 2.24) is 0 Å². The Morgan fingerprint density at radius 1 is 0.625 bits per heavy atom. The zero-order valence-corrected chi connectivity index (χ0v) is 20.2. The molecule has 4 aromatic rings. The van der Waals surface area contributed by atoms with E-state index in [0.717, 1.165) is 5.75 Å². The van der Waals surface area contributed by atoms with Crippen molar-refractivity contribution in [3.8, 4) is 11.5 Å². The molecule has 32 heavy (non-hydrogen) atoms. The van der Waals surface area contributed by atoms with Crippen LogP contribution in [0.2, 0.25) is 10.0 Å². The third-order valence-corrected chi connectivity index (χ3v) is 9.91. The van der Waals surface area contributed by atoms with E-state index in [1.54, 1.807) is 18.2 Å². The Balaban J connectivity index is 1.59. The summed E-state index contributed by atoms with van der Waals surface area (Å²) in [5.74, 6) is 1.47. The Bertz CT molecular complexity index is 1130. The first-order valence-electron chi connectivity index (χ1n) is 10.4. The lowest BCUT2D eigenvalue weighted by atomic mass is 10.3. The Morgan fingerprint density at radius 2 is 1.16 bits per heavy atom. The monoisotopic (exact) mass is 481 g/mol. The summed E-state index contributed by atoms with van der Waals surface area (Å²) in [6.07, 6.45) is 0. The largest absolute Gasteiger partial charge is 0.488 e. The lowest BCUT2D eigenvalue weighted by molar-refractivity contribution is 0.218. The standard InChI is InChI=1S/C27H24Cl2O2P/c1-32(22-10-4-2-5-11-22,23-12-6-3-7-13-23)27-15-9-8-14-26(27)31-19-18-30-25-17-16-21(28)20-24(25)29/h2-17,20H,18-19H2,1H3/q+1. The molecule has 0 radical (unpaired) electrons. The molecule has 5 heteroatoms. The topological polar surface area (TPSA) is 18.5 Å². The van der Waals surface area contributed by atoms with E-state index < -0.39 is 7.26 Å². The van der Waals surface area contributed by atoms with Crippen LogP contribution < -0.4 is 25.4 Å². The van der Waals surface area contributed by atoms with Gasteiger partial charge < -0.3 is 9.47 Å². The SMILES string of the molecule is C[P+](c1ccccc1)(c1ccccc1)c1ccccc1OCCOc1ccc(Cl)cc1Cl. The van der Waals surface area contributed by atoms with Gasteiger partial charge in [0.15, 0.2) is 5.75 Å². The van der Waals surface area contributed by atoms with E-state index in [4.69, 9.17) is 32.7 Å². The van der Waals surface area contributed by atoms with Crippen molar-refractivity contribution in [1.29, 1.82) is 0 Å². The fourth-order valence-corrected chi connectivity index (χ4v) is 7.54. The van der Waals surface area contributed by atoms with Crippen LogP contribution in [0.1, 0.15) is 0 Å². The minimum absolute atomic E-state index is 0.377. The first-order chi connectivity index (χ1) is 15.6. The number of ether oxygens (including phenoxy) is 2. The minimum Gasteiger partial charge on any atom is -0.488 e. The number of hydrogen-bond donors (Lipinski definition) is 0. The summed E-state index contributed by atoms with van der Waals surface area (Å²) in [7, 11) is -1.89. The fraction of sp³-hybridized carbons (Fsp3) is 0.111. The molecule has 0 unspecified atom stereocenters. The highest BCUT2D eigenvalue weighted by atomic mass is 35.5. The first kappa shape index (κ1) is 22.7. The Morgan fingerprint density at radius 3 is 1.75 bits per heavy atom. The molecule has 162 valence electrons. The van der Waals surface area contributed by atoms with Gasteiger partial charge in [-0.1, -0.05) is 71.7 Å². The van der Waals surface area contributed by atoms with Crippen LogP contribution in [0.5, 0.6) is 11.5 Å². The number of para-hydroxylation sites is 1. The minimum atomic E-state index is -1.89. The van der Waals surface area contributed by atoms with Gasteiger partial charge in [-0.2, -0.15) is 0 Å². The molecule has 0 atom stereocenters. The first-order valence-corrected chi connectivity index (χ1v) is 13.4. The smallest absolute Gasteiger partial charge is 0.162 e. The normalized spacial score (nSPS) is 11.2. The maximum atomic E-state index is 6.25. The summed E-state index contributed by atoms with van der Waals surface area (Å²) in [5.41, 5.74) is 0. The Labute approximate surface area is 200 Å². The van der Waals surface area contributed by atoms with Gasteiger partial charge in [-0.05, 0) is 54.6 Å². The van der Waals surface area contributed by atoms with Gasteiger partial charge in [0.1, 0.15) is 42.1 Å². The highest BCUT2D eigenvalue weighted by molar-refractivity contribution is 7.95. The fourth-order valence-electron chi connectivity index (χ4n) is 3.72. The number of hydrogen-bond acceptors (Lipinski definition) is 2. The van der Waals surface area contributed by atoms with Gasteiger partial charge in [-0.15, -0.1) is 0 Å². The van der Waals surface area contributed by atoms with Crippen LogP contribution in [0.15, 0.2) is 103 Å². The summed E-state index contributed by atoms with van der Waals surface area (Å²) in [5, 5.41) is 4.90. The predicted octanol–water partition coefficient (Wildman–Crippen LogP) is 6.37. The number of rotatable bonds is 8. The molecular formula is C27H24Cl2O2P+. The zero-order valence-electron chi connectivity index (χ0n) is 17.7. The van der Waals surface area contributed by atoms with E-state index in [-0.39, 0.29) is 0 Å². The quantitative estimate of drug-likeness (QED) is 0.215. The maximum absolute atomic E-state index is 6.25. The average molecular weight is 482 g/mol. The molecule has 0 N–H and O–H groups in total. The maximum Gasteiger partial charge on any atom is 0.162 e. The summed E-state index contributed by atoms with van der Waals surface area (Å²) >= 11 is 12.2. The molecule has 4 aromatic carbocycles. The van der Waals surface area contributed by atoms with Crippen molar-refractivity contribution in [3.05, 3.63) is 113 Å². The van der Waals surface area contributed by atoms with Crippen LogP contribution in [0.4, 0.5) is 0 Å². The van der Waals surface area contributed by atoms with E-state index in [9.17, 15) is 0 Å². The molecule has 0 bridgehead atoms. The van der Waals surface area contributed by atoms with Gasteiger partial charge in [0.2, 0.25) is 0 Å². The van der Waals surface area contributed by atoms with E-state index in [2.05, 4.69) is 79.5 Å². The highest BCUT2D eigenvalue weighted by Gasteiger charge is 2.42. The van der Waals surface area contributed by atoms with Crippen LogP contribution in [0, 0.1) is 0 Å². The molecule has 0 heterocycles. The van der Waals surface area contributed by atoms with Crippen molar-refractivity contribution < 1.29 is 9.47 Å². The number of halogens is 2. The van der Waals surface area contributed by atoms with Crippen molar-refractivity contribution in [2.24, 2.45) is 0 Å². The lowest BCUT2D eigenvalue weighted by Gasteiger charge is -2.25. The van der Waals surface area contributed by atoms with Crippen molar-refractivity contribution in [3.63, 3.8) is 0 Å². The van der Waals surface area contributed by atoms with Gasteiger partial charge in [-0.3, -0.25) is 0 Å². The van der Waals surface area contributed by atoms with Crippen LogP contribution in [-0.4, -0.2) is 19.9 Å². The summed E-state index contributed by atoms with van der Waals surface area (Å²) in [6.45, 7) is 3.13. The lowest BCUT2D eigenvalue weighted by Crippen LogP contribution is -2.31. The van der Waals surface area contributed by atoms with Crippen LogP contribution >= 0.6 is 30.5 Å². The van der Waals surface area contributed by atoms with E-state index in [1.165, 1.54) is 15.9 Å². The molecule has 0 saturated carbocycles. The van der Waals surface area contributed by atoms with Gasteiger partial charge in [0.25, 0.3) is 0 Å². The molecule has 2 nitrogen and oxygen atoms in total. The second-order valence-corrected chi connectivity index (χ2v) is 11.8. The van der Waals surface area contributed by atoms with Gasteiger partial charge >= 0.3 is 0 Å².